The molecular weight excluding hydrogens is 186 g/mol. The number of phenolic OH excluding ortho intramolecular Hbond substituents is 2. The third-order valence-corrected chi connectivity index (χ3v) is 1.21. The fraction of sp³-hybridized carbons (Fsp3) is 0.222. The summed E-state index contributed by atoms with van der Waals surface area (Å²) in [5, 5.41) is 27.3. The molecule has 0 heterocycles. The minimum Gasteiger partial charge on any atom is -0.504 e. The van der Waals surface area contributed by atoms with Crippen LogP contribution in [-0.2, 0) is 0 Å². The van der Waals surface area contributed by atoms with Crippen molar-refractivity contribution in [3.8, 4) is 11.5 Å². The van der Waals surface area contributed by atoms with Crippen molar-refractivity contribution in [2.45, 2.75) is 6.92 Å². The molecule has 1 aromatic rings. The molecule has 0 spiro atoms. The Labute approximate surface area is 81.6 Å². The van der Waals surface area contributed by atoms with E-state index >= 15 is 0 Å². The van der Waals surface area contributed by atoms with Crippen molar-refractivity contribution < 1.29 is 20.1 Å². The predicted octanol–water partition coefficient (Wildman–Crippen LogP) is 1.37. The second-order valence-electron chi connectivity index (χ2n) is 2.32. The van der Waals surface area contributed by atoms with Crippen LogP contribution < -0.4 is 5.32 Å². The Kier molecular flexibility index (Phi) is 5.69. The number of carbonyl (C=O) groups is 1. The molecule has 5 heteroatoms. The molecule has 0 aromatic heterocycles. The first-order chi connectivity index (χ1) is 6.57. The van der Waals surface area contributed by atoms with Crippen LogP contribution in [0.4, 0.5) is 4.79 Å². The average Bonchev–Trinajstić information content (AvgIpc) is 2.11. The fourth-order valence-corrected chi connectivity index (χ4v) is 0.615. The molecule has 0 saturated heterocycles. The summed E-state index contributed by atoms with van der Waals surface area (Å²) >= 11 is 0. The molecule has 4 N–H and O–H groups in total. The van der Waals surface area contributed by atoms with Crippen LogP contribution in [-0.4, -0.2) is 28.0 Å². The maximum atomic E-state index is 9.49. The molecule has 78 valence electrons. The van der Waals surface area contributed by atoms with Crippen molar-refractivity contribution in [3.63, 3.8) is 0 Å². The van der Waals surface area contributed by atoms with Crippen LogP contribution in [0.3, 0.4) is 0 Å². The summed E-state index contributed by atoms with van der Waals surface area (Å²) in [5.74, 6) is -0.153. The van der Waals surface area contributed by atoms with E-state index in [0.29, 0.717) is 6.54 Å². The molecule has 0 fully saturated rings. The van der Waals surface area contributed by atoms with Gasteiger partial charge in [0.1, 0.15) is 0 Å². The number of carboxylic acid groups (broad SMARTS) is 1. The molecule has 0 saturated carbocycles. The van der Waals surface area contributed by atoms with E-state index in [1.54, 1.807) is 19.1 Å². The Morgan fingerprint density at radius 3 is 1.86 bits per heavy atom. The van der Waals surface area contributed by atoms with E-state index in [1.807, 2.05) is 0 Å². The lowest BCUT2D eigenvalue weighted by Gasteiger charge is -1.91. The van der Waals surface area contributed by atoms with Gasteiger partial charge in [0.2, 0.25) is 0 Å². The lowest BCUT2D eigenvalue weighted by molar-refractivity contribution is 0.195. The zero-order valence-electron chi connectivity index (χ0n) is 7.77. The predicted molar refractivity (Wildman–Crippen MR) is 51.5 cm³/mol. The van der Waals surface area contributed by atoms with E-state index in [1.165, 1.54) is 12.1 Å². The van der Waals surface area contributed by atoms with Crippen molar-refractivity contribution >= 4 is 6.09 Å². The minimum atomic E-state index is -0.961. The minimum absolute atomic E-state index is 0.0764. The Balaban J connectivity index is 0.000000255. The van der Waals surface area contributed by atoms with Gasteiger partial charge in [-0.25, -0.2) is 4.79 Å². The van der Waals surface area contributed by atoms with E-state index in [0.717, 1.165) is 0 Å². The summed E-state index contributed by atoms with van der Waals surface area (Å²) in [6.07, 6.45) is -0.961. The van der Waals surface area contributed by atoms with Crippen LogP contribution >= 0.6 is 0 Å². The zero-order valence-corrected chi connectivity index (χ0v) is 7.77. The first kappa shape index (κ1) is 12.1. The summed E-state index contributed by atoms with van der Waals surface area (Å²) in [7, 11) is 0. The van der Waals surface area contributed by atoms with Crippen LogP contribution in [0.25, 0.3) is 0 Å². The van der Waals surface area contributed by atoms with Gasteiger partial charge in [-0.1, -0.05) is 12.1 Å². The van der Waals surface area contributed by atoms with Gasteiger partial charge in [-0.15, -0.1) is 0 Å². The highest BCUT2D eigenvalue weighted by atomic mass is 16.4. The number of benzene rings is 1. The molecule has 0 aliphatic rings. The van der Waals surface area contributed by atoms with Crippen molar-refractivity contribution in [1.29, 1.82) is 0 Å². The first-order valence-electron chi connectivity index (χ1n) is 4.01. The van der Waals surface area contributed by atoms with E-state index in [2.05, 4.69) is 5.32 Å². The van der Waals surface area contributed by atoms with Gasteiger partial charge < -0.3 is 20.6 Å². The van der Waals surface area contributed by atoms with Crippen molar-refractivity contribution in [3.05, 3.63) is 24.3 Å². The van der Waals surface area contributed by atoms with Gasteiger partial charge >= 0.3 is 6.09 Å². The maximum absolute atomic E-state index is 9.49. The van der Waals surface area contributed by atoms with Gasteiger partial charge in [-0.2, -0.15) is 0 Å². The molecule has 1 aromatic carbocycles. The van der Waals surface area contributed by atoms with Crippen molar-refractivity contribution in [2.75, 3.05) is 6.54 Å². The molecule has 0 unspecified atom stereocenters. The second kappa shape index (κ2) is 6.59. The van der Waals surface area contributed by atoms with Gasteiger partial charge in [0.15, 0.2) is 11.5 Å². The molecule has 5 nitrogen and oxygen atoms in total. The molecule has 0 aliphatic heterocycles. The smallest absolute Gasteiger partial charge is 0.404 e. The summed E-state index contributed by atoms with van der Waals surface area (Å²) < 4.78 is 0. The average molecular weight is 199 g/mol. The van der Waals surface area contributed by atoms with Gasteiger partial charge in [0, 0.05) is 6.54 Å². The molecule has 0 radical (unpaired) electrons. The number of rotatable bonds is 1. The molecule has 0 aliphatic carbocycles. The number of hydrogen-bond acceptors (Lipinski definition) is 3. The molecule has 1 amide bonds. The standard InChI is InChI=1S/C6H6O2.C3H7NO2/c7-5-3-1-2-4-6(5)8;1-2-4-3(5)6/h1-4,7-8H;4H,2H2,1H3,(H,5,6). The monoisotopic (exact) mass is 199 g/mol. The first-order valence-corrected chi connectivity index (χ1v) is 4.01. The van der Waals surface area contributed by atoms with Crippen LogP contribution in [0.1, 0.15) is 6.92 Å². The van der Waals surface area contributed by atoms with E-state index in [4.69, 9.17) is 15.3 Å². The van der Waals surface area contributed by atoms with Gasteiger partial charge in [-0.3, -0.25) is 0 Å². The van der Waals surface area contributed by atoms with Crippen LogP contribution in [0.15, 0.2) is 24.3 Å². The summed E-state index contributed by atoms with van der Waals surface area (Å²) in [4.78, 5) is 9.49. The lowest BCUT2D eigenvalue weighted by Crippen LogP contribution is -2.19. The highest BCUT2D eigenvalue weighted by Crippen LogP contribution is 2.21. The number of aromatic hydroxyl groups is 2. The third kappa shape index (κ3) is 5.70. The number of hydrogen-bond donors (Lipinski definition) is 4. The van der Waals surface area contributed by atoms with Gasteiger partial charge in [-0.05, 0) is 19.1 Å². The highest BCUT2D eigenvalue weighted by molar-refractivity contribution is 5.64. The number of para-hydroxylation sites is 2. The highest BCUT2D eigenvalue weighted by Gasteiger charge is 1.90. The van der Waals surface area contributed by atoms with Crippen molar-refractivity contribution in [1.82, 2.24) is 5.32 Å². The van der Waals surface area contributed by atoms with Gasteiger partial charge in [0.25, 0.3) is 0 Å². The van der Waals surface area contributed by atoms with Crippen LogP contribution in [0.2, 0.25) is 0 Å². The summed E-state index contributed by atoms with van der Waals surface area (Å²) in [6, 6.07) is 6.15. The SMILES string of the molecule is CCNC(=O)O.Oc1ccccc1O. The summed E-state index contributed by atoms with van der Waals surface area (Å²) in [6.45, 7) is 2.21. The number of amides is 1. The van der Waals surface area contributed by atoms with Crippen LogP contribution in [0.5, 0.6) is 11.5 Å². The Morgan fingerprint density at radius 2 is 1.71 bits per heavy atom. The molecule has 0 atom stereocenters. The molecule has 0 bridgehead atoms. The fourth-order valence-electron chi connectivity index (χ4n) is 0.615. The Hall–Kier alpha value is -1.91. The van der Waals surface area contributed by atoms with E-state index in [9.17, 15) is 4.79 Å². The topological polar surface area (TPSA) is 89.8 Å². The van der Waals surface area contributed by atoms with Crippen molar-refractivity contribution in [2.24, 2.45) is 0 Å². The maximum Gasteiger partial charge on any atom is 0.404 e. The lowest BCUT2D eigenvalue weighted by atomic mass is 10.3. The quantitative estimate of drug-likeness (QED) is 0.514. The van der Waals surface area contributed by atoms with E-state index in [-0.39, 0.29) is 11.5 Å². The summed E-state index contributed by atoms with van der Waals surface area (Å²) in [5.41, 5.74) is 0. The normalized spacial score (nSPS) is 8.36. The molecule has 1 rings (SSSR count). The molecule has 14 heavy (non-hydrogen) atoms. The Bertz CT molecular complexity index is 267. The third-order valence-electron chi connectivity index (χ3n) is 1.21. The zero-order chi connectivity index (χ0) is 11.0. The largest absolute Gasteiger partial charge is 0.504 e. The van der Waals surface area contributed by atoms with Crippen LogP contribution in [0, 0.1) is 0 Å². The Morgan fingerprint density at radius 1 is 1.29 bits per heavy atom. The number of nitrogens with one attached hydrogen (secondary N) is 1. The van der Waals surface area contributed by atoms with E-state index < -0.39 is 6.09 Å². The van der Waals surface area contributed by atoms with Gasteiger partial charge in [0.05, 0.1) is 0 Å². The molecular formula is C9H13NO4. The second-order valence-corrected chi connectivity index (χ2v) is 2.32. The number of phenols is 2.